The normalized spacial score (nSPS) is 30.0. The van der Waals surface area contributed by atoms with Gasteiger partial charge in [-0.1, -0.05) is 87.5 Å². The maximum Gasteiger partial charge on any atom is 0.338 e. The predicted molar refractivity (Wildman–Crippen MR) is 215 cm³/mol. The van der Waals surface area contributed by atoms with Crippen LogP contribution in [0.2, 0.25) is 0 Å². The summed E-state index contributed by atoms with van der Waals surface area (Å²) in [5.41, 5.74) is -3.87. The molecule has 316 valence electrons. The Kier molecular flexibility index (Phi) is 11.4. The number of aliphatic hydroxyl groups is 1. The summed E-state index contributed by atoms with van der Waals surface area (Å²) in [5, 5.41) is 14.6. The molecule has 13 nitrogen and oxygen atoms in total. The number of carbonyl (C=O) groups is 6. The van der Waals surface area contributed by atoms with Crippen LogP contribution in [-0.4, -0.2) is 82.9 Å². The van der Waals surface area contributed by atoms with Crippen LogP contribution in [0, 0.1) is 16.7 Å². The average molecular weight is 822 g/mol. The molecular formula is C47H51NO12. The number of ether oxygens (including phenoxy) is 5. The van der Waals surface area contributed by atoms with Gasteiger partial charge in [-0.25, -0.2) is 9.59 Å². The standard InChI is InChI=1S/C47H51NO12/c1-27-33(58-43(55)38(51)37(30-16-10-7-11-17-30)48-41(53)31-18-12-8-13-19-31)24-46(60-42(54)32-20-14-9-15-21-32)25-34-45(6,23-22-35-47(34,26-56-35)59-29(3)50)40(52)39(57-28(2)49)36(27)44(46,4)5/h7-21,33-35,37-39,51H,22-26H2,1-6H3,(H,48,53)/t33-,34-,35+,37-,38+,39+,45+,46+,47+/m0/s1. The number of esters is 4. The summed E-state index contributed by atoms with van der Waals surface area (Å²) in [7, 11) is 0. The van der Waals surface area contributed by atoms with E-state index in [9.17, 15) is 29.1 Å². The molecule has 0 spiro atoms. The van der Waals surface area contributed by atoms with Crippen molar-refractivity contribution < 1.29 is 57.6 Å². The Morgan fingerprint density at radius 3 is 1.97 bits per heavy atom. The van der Waals surface area contributed by atoms with Crippen LogP contribution in [0.4, 0.5) is 0 Å². The highest BCUT2D eigenvalue weighted by molar-refractivity contribution is 5.96. The molecular weight excluding hydrogens is 771 g/mol. The molecule has 4 aliphatic rings. The molecule has 13 heteroatoms. The van der Waals surface area contributed by atoms with Gasteiger partial charge in [0.15, 0.2) is 23.6 Å². The number of amides is 1. The van der Waals surface area contributed by atoms with Gasteiger partial charge in [-0.15, -0.1) is 0 Å². The number of Topliss-reactive ketones (excluding diaryl/α,β-unsaturated/α-hetero) is 1. The molecule has 1 aliphatic heterocycles. The highest BCUT2D eigenvalue weighted by atomic mass is 16.6. The minimum absolute atomic E-state index is 0.0198. The van der Waals surface area contributed by atoms with Gasteiger partial charge in [0.05, 0.1) is 18.2 Å². The molecule has 3 aliphatic carbocycles. The zero-order valence-corrected chi connectivity index (χ0v) is 34.6. The molecule has 60 heavy (non-hydrogen) atoms. The van der Waals surface area contributed by atoms with Gasteiger partial charge in [0.2, 0.25) is 0 Å². The summed E-state index contributed by atoms with van der Waals surface area (Å²) in [5.74, 6) is -4.94. The van der Waals surface area contributed by atoms with E-state index in [-0.39, 0.29) is 37.0 Å². The highest BCUT2D eigenvalue weighted by Crippen LogP contribution is 2.64. The van der Waals surface area contributed by atoms with Crippen molar-refractivity contribution in [3.05, 3.63) is 119 Å². The predicted octanol–water partition coefficient (Wildman–Crippen LogP) is 5.79. The summed E-state index contributed by atoms with van der Waals surface area (Å²) in [4.78, 5) is 83.3. The van der Waals surface area contributed by atoms with Gasteiger partial charge in [-0.3, -0.25) is 19.2 Å². The Balaban J connectivity index is 1.36. The van der Waals surface area contributed by atoms with Crippen LogP contribution >= 0.6 is 0 Å². The first-order chi connectivity index (χ1) is 28.4. The van der Waals surface area contributed by atoms with Gasteiger partial charge in [0.1, 0.15) is 17.8 Å². The Morgan fingerprint density at radius 2 is 1.40 bits per heavy atom. The quantitative estimate of drug-likeness (QED) is 0.143. The van der Waals surface area contributed by atoms with E-state index in [1.807, 2.05) is 0 Å². The van der Waals surface area contributed by atoms with Crippen molar-refractivity contribution >= 4 is 35.6 Å². The lowest BCUT2D eigenvalue weighted by Gasteiger charge is -2.65. The van der Waals surface area contributed by atoms with Gasteiger partial charge >= 0.3 is 23.9 Å². The van der Waals surface area contributed by atoms with E-state index < -0.39 is 94.0 Å². The van der Waals surface area contributed by atoms with Crippen LogP contribution < -0.4 is 5.32 Å². The monoisotopic (exact) mass is 821 g/mol. The zero-order chi connectivity index (χ0) is 43.2. The molecule has 1 saturated heterocycles. The maximum atomic E-state index is 15.3. The van der Waals surface area contributed by atoms with Crippen molar-refractivity contribution in [2.75, 3.05) is 6.61 Å². The minimum Gasteiger partial charge on any atom is -0.456 e. The number of rotatable bonds is 10. The molecule has 2 bridgehead atoms. The molecule has 0 aromatic heterocycles. The Hall–Kier alpha value is -5.66. The number of benzene rings is 3. The molecule has 7 rings (SSSR count). The Morgan fingerprint density at radius 1 is 0.800 bits per heavy atom. The topological polar surface area (TPSA) is 181 Å². The first-order valence-corrected chi connectivity index (χ1v) is 20.3. The third-order valence-corrected chi connectivity index (χ3v) is 13.4. The molecule has 0 radical (unpaired) electrons. The van der Waals surface area contributed by atoms with E-state index >= 15 is 4.79 Å². The smallest absolute Gasteiger partial charge is 0.338 e. The van der Waals surface area contributed by atoms with Crippen LogP contribution in [0.15, 0.2) is 102 Å². The third kappa shape index (κ3) is 7.31. The second-order valence-corrected chi connectivity index (χ2v) is 17.2. The number of ketones is 1. The fourth-order valence-corrected chi connectivity index (χ4v) is 10.1. The van der Waals surface area contributed by atoms with Crippen molar-refractivity contribution in [1.82, 2.24) is 5.32 Å². The van der Waals surface area contributed by atoms with Crippen molar-refractivity contribution in [1.29, 1.82) is 0 Å². The SMILES string of the molecule is CC(=O)O[C@H]1C(=O)[C@]2(C)CC[C@H]3OC[C@@]3(OC(C)=O)[C@H]2C[C@]2(OC(=O)c3ccccc3)C[C@H](OC(=O)[C@H](O)[C@@H](NC(=O)c3ccccc3)c3ccccc3)C(C)=C1C2(C)C. The fraction of sp³-hybridized carbons (Fsp3) is 0.447. The summed E-state index contributed by atoms with van der Waals surface area (Å²) >= 11 is 0. The number of hydrogen-bond acceptors (Lipinski definition) is 12. The van der Waals surface area contributed by atoms with Crippen LogP contribution in [0.1, 0.15) is 99.5 Å². The molecule has 1 amide bonds. The van der Waals surface area contributed by atoms with Crippen molar-refractivity contribution in [2.24, 2.45) is 16.7 Å². The lowest BCUT2D eigenvalue weighted by molar-refractivity contribution is -0.312. The van der Waals surface area contributed by atoms with Gasteiger partial charge < -0.3 is 34.1 Å². The van der Waals surface area contributed by atoms with Crippen LogP contribution in [-0.2, 0) is 42.9 Å². The van der Waals surface area contributed by atoms with Gasteiger partial charge in [0, 0.05) is 42.6 Å². The van der Waals surface area contributed by atoms with Crippen LogP contribution in [0.25, 0.3) is 0 Å². The summed E-state index contributed by atoms with van der Waals surface area (Å²) < 4.78 is 31.1. The van der Waals surface area contributed by atoms with Crippen LogP contribution in [0.5, 0.6) is 0 Å². The molecule has 0 unspecified atom stereocenters. The van der Waals surface area contributed by atoms with Gasteiger partial charge in [-0.2, -0.15) is 0 Å². The Bertz CT molecular complexity index is 2210. The summed E-state index contributed by atoms with van der Waals surface area (Å²) in [6.07, 6.45) is -4.82. The molecule has 3 aromatic rings. The van der Waals surface area contributed by atoms with E-state index in [0.29, 0.717) is 23.1 Å². The third-order valence-electron chi connectivity index (χ3n) is 13.4. The second-order valence-electron chi connectivity index (χ2n) is 17.2. The molecule has 9 atom stereocenters. The summed E-state index contributed by atoms with van der Waals surface area (Å²) in [6, 6.07) is 23.9. The lowest BCUT2D eigenvalue weighted by Crippen LogP contribution is -2.75. The highest BCUT2D eigenvalue weighted by Gasteiger charge is 2.73. The van der Waals surface area contributed by atoms with E-state index in [1.165, 1.54) is 13.8 Å². The maximum absolute atomic E-state index is 15.3. The number of hydrogen-bond donors (Lipinski definition) is 2. The van der Waals surface area contributed by atoms with Crippen molar-refractivity contribution in [2.45, 2.75) is 109 Å². The average Bonchev–Trinajstić information content (AvgIpc) is 3.21. The number of fused-ring (bicyclic) bond motifs is 5. The fourth-order valence-electron chi connectivity index (χ4n) is 10.1. The number of aliphatic hydroxyl groups excluding tert-OH is 1. The molecule has 1 heterocycles. The van der Waals surface area contributed by atoms with Gasteiger partial charge in [0.25, 0.3) is 5.91 Å². The lowest BCUT2D eigenvalue weighted by atomic mass is 9.46. The second kappa shape index (κ2) is 16.1. The molecule has 2 saturated carbocycles. The largest absolute Gasteiger partial charge is 0.456 e. The number of carbonyl (C=O) groups excluding carboxylic acids is 6. The number of nitrogens with one attached hydrogen (secondary N) is 1. The molecule has 2 N–H and O–H groups in total. The first kappa shape index (κ1) is 42.5. The first-order valence-electron chi connectivity index (χ1n) is 20.3. The van der Waals surface area contributed by atoms with Crippen LogP contribution in [0.3, 0.4) is 0 Å². The van der Waals surface area contributed by atoms with E-state index in [2.05, 4.69) is 5.32 Å². The van der Waals surface area contributed by atoms with Crippen molar-refractivity contribution in [3.8, 4) is 0 Å². The van der Waals surface area contributed by atoms with E-state index in [4.69, 9.17) is 23.7 Å². The zero-order valence-electron chi connectivity index (χ0n) is 34.6. The molecule has 3 fully saturated rings. The van der Waals surface area contributed by atoms with E-state index in [1.54, 1.807) is 119 Å². The van der Waals surface area contributed by atoms with Gasteiger partial charge in [-0.05, 0) is 67.2 Å². The Labute approximate surface area is 348 Å². The summed E-state index contributed by atoms with van der Waals surface area (Å²) in [6.45, 7) is 9.49. The minimum atomic E-state index is -1.94. The van der Waals surface area contributed by atoms with Crippen molar-refractivity contribution in [3.63, 3.8) is 0 Å². The molecule has 3 aromatic carbocycles. The van der Waals surface area contributed by atoms with E-state index in [0.717, 1.165) is 0 Å².